The molecule has 1 unspecified atom stereocenters. The smallest absolute Gasteiger partial charge is 0.228 e. The van der Waals surface area contributed by atoms with E-state index in [9.17, 15) is 0 Å². The van der Waals surface area contributed by atoms with Crippen molar-refractivity contribution in [2.45, 2.75) is 51.4 Å². The Bertz CT molecular complexity index is 356. The lowest BCUT2D eigenvalue weighted by molar-refractivity contribution is 0.741. The zero-order valence-corrected chi connectivity index (χ0v) is 11.9. The Hall–Kier alpha value is -1.04. The maximum atomic E-state index is 4.35. The summed E-state index contributed by atoms with van der Waals surface area (Å²) in [5, 5.41) is 7.19. The van der Waals surface area contributed by atoms with Crippen LogP contribution in [0, 0.1) is 0 Å². The minimum absolute atomic E-state index is 0.309. The summed E-state index contributed by atoms with van der Waals surface area (Å²) in [5.74, 6) is 1.27. The van der Waals surface area contributed by atoms with Gasteiger partial charge in [-0.2, -0.15) is 15.0 Å². The Kier molecular flexibility index (Phi) is 5.47. The van der Waals surface area contributed by atoms with E-state index in [1.54, 1.807) is 0 Å². The van der Waals surface area contributed by atoms with Crippen molar-refractivity contribution in [2.75, 3.05) is 16.9 Å². The van der Waals surface area contributed by atoms with E-state index >= 15 is 0 Å². The second kappa shape index (κ2) is 6.64. The SMILES string of the molecule is CCC(C)Nc1nc(NC(C)C)nc(SC)n1. The average molecular weight is 255 g/mol. The van der Waals surface area contributed by atoms with Crippen molar-refractivity contribution in [3.05, 3.63) is 0 Å². The molecule has 5 nitrogen and oxygen atoms in total. The Morgan fingerprint density at radius 2 is 1.65 bits per heavy atom. The second-order valence-corrected chi connectivity index (χ2v) is 5.00. The Labute approximate surface area is 107 Å². The van der Waals surface area contributed by atoms with Crippen LogP contribution in [0.3, 0.4) is 0 Å². The molecule has 6 heteroatoms. The van der Waals surface area contributed by atoms with Gasteiger partial charge in [0.1, 0.15) is 0 Å². The molecule has 1 aromatic heterocycles. The monoisotopic (exact) mass is 255 g/mol. The van der Waals surface area contributed by atoms with Gasteiger partial charge in [0.15, 0.2) is 5.16 Å². The van der Waals surface area contributed by atoms with E-state index in [-0.39, 0.29) is 0 Å². The molecule has 0 aliphatic rings. The fourth-order valence-electron chi connectivity index (χ4n) is 1.16. The molecule has 0 aliphatic heterocycles. The van der Waals surface area contributed by atoms with Crippen molar-refractivity contribution in [3.63, 3.8) is 0 Å². The van der Waals surface area contributed by atoms with E-state index < -0.39 is 0 Å². The van der Waals surface area contributed by atoms with Crippen LogP contribution in [0.25, 0.3) is 0 Å². The molecule has 96 valence electrons. The molecular weight excluding hydrogens is 234 g/mol. The first-order valence-corrected chi connectivity index (χ1v) is 7.10. The molecule has 0 fully saturated rings. The summed E-state index contributed by atoms with van der Waals surface area (Å²) in [7, 11) is 0. The van der Waals surface area contributed by atoms with Gasteiger partial charge in [0.25, 0.3) is 0 Å². The summed E-state index contributed by atoms with van der Waals surface area (Å²) in [6.07, 6.45) is 2.99. The normalized spacial score (nSPS) is 12.6. The number of hydrogen-bond donors (Lipinski definition) is 2. The molecule has 0 aliphatic carbocycles. The Balaban J connectivity index is 2.88. The van der Waals surface area contributed by atoms with E-state index in [1.165, 1.54) is 11.8 Å². The lowest BCUT2D eigenvalue weighted by Gasteiger charge is -2.14. The molecule has 0 radical (unpaired) electrons. The van der Waals surface area contributed by atoms with Crippen molar-refractivity contribution in [2.24, 2.45) is 0 Å². The summed E-state index contributed by atoms with van der Waals surface area (Å²) >= 11 is 1.52. The molecule has 1 heterocycles. The maximum absolute atomic E-state index is 4.35. The lowest BCUT2D eigenvalue weighted by Crippen LogP contribution is -2.19. The largest absolute Gasteiger partial charge is 0.352 e. The van der Waals surface area contributed by atoms with Gasteiger partial charge >= 0.3 is 0 Å². The Morgan fingerprint density at radius 1 is 1.06 bits per heavy atom. The van der Waals surface area contributed by atoms with Crippen molar-refractivity contribution < 1.29 is 0 Å². The molecule has 0 amide bonds. The zero-order chi connectivity index (χ0) is 12.8. The average Bonchev–Trinajstić information content (AvgIpc) is 2.27. The Morgan fingerprint density at radius 3 is 2.12 bits per heavy atom. The number of nitrogens with one attached hydrogen (secondary N) is 2. The third kappa shape index (κ3) is 4.77. The molecule has 0 bridgehead atoms. The molecule has 1 atom stereocenters. The van der Waals surface area contributed by atoms with Crippen LogP contribution in [0.15, 0.2) is 5.16 Å². The van der Waals surface area contributed by atoms with Crippen molar-refractivity contribution in [3.8, 4) is 0 Å². The van der Waals surface area contributed by atoms with Gasteiger partial charge in [-0.3, -0.25) is 0 Å². The van der Waals surface area contributed by atoms with Crippen LogP contribution in [0.5, 0.6) is 0 Å². The van der Waals surface area contributed by atoms with Crippen molar-refractivity contribution >= 4 is 23.7 Å². The highest BCUT2D eigenvalue weighted by Crippen LogP contribution is 2.15. The molecule has 0 aromatic carbocycles. The topological polar surface area (TPSA) is 62.7 Å². The van der Waals surface area contributed by atoms with Crippen LogP contribution < -0.4 is 10.6 Å². The first-order chi connectivity index (χ1) is 8.05. The van der Waals surface area contributed by atoms with Crippen LogP contribution >= 0.6 is 11.8 Å². The predicted molar refractivity (Wildman–Crippen MR) is 73.7 cm³/mol. The summed E-state index contributed by atoms with van der Waals surface area (Å²) in [6.45, 7) is 8.36. The number of hydrogen-bond acceptors (Lipinski definition) is 6. The van der Waals surface area contributed by atoms with Gasteiger partial charge in [-0.05, 0) is 33.4 Å². The first kappa shape index (κ1) is 14.0. The standard InChI is InChI=1S/C11H21N5S/c1-6-8(4)13-10-14-9(12-7(2)3)15-11(16-10)17-5/h7-8H,6H2,1-5H3,(H2,12,13,14,15,16). The molecule has 0 spiro atoms. The van der Waals surface area contributed by atoms with E-state index in [0.29, 0.717) is 24.0 Å². The summed E-state index contributed by atoms with van der Waals surface area (Å²) in [6, 6.07) is 0.669. The van der Waals surface area contributed by atoms with Gasteiger partial charge in [-0.15, -0.1) is 0 Å². The van der Waals surface area contributed by atoms with E-state index in [0.717, 1.165) is 11.6 Å². The minimum atomic E-state index is 0.309. The third-order valence-electron chi connectivity index (χ3n) is 2.20. The summed E-state index contributed by atoms with van der Waals surface area (Å²) in [4.78, 5) is 13.0. The number of nitrogens with zero attached hydrogens (tertiary/aromatic N) is 3. The summed E-state index contributed by atoms with van der Waals surface area (Å²) in [5.41, 5.74) is 0. The molecule has 1 aromatic rings. The van der Waals surface area contributed by atoms with Gasteiger partial charge in [-0.1, -0.05) is 18.7 Å². The number of aromatic nitrogens is 3. The molecule has 0 saturated heterocycles. The highest BCUT2D eigenvalue weighted by Gasteiger charge is 2.08. The van der Waals surface area contributed by atoms with E-state index in [2.05, 4.69) is 53.3 Å². The van der Waals surface area contributed by atoms with Crippen molar-refractivity contribution in [1.82, 2.24) is 15.0 Å². The first-order valence-electron chi connectivity index (χ1n) is 5.88. The van der Waals surface area contributed by atoms with Gasteiger partial charge in [0.2, 0.25) is 11.9 Å². The van der Waals surface area contributed by atoms with Crippen LogP contribution in [0.2, 0.25) is 0 Å². The van der Waals surface area contributed by atoms with Gasteiger partial charge in [-0.25, -0.2) is 0 Å². The molecule has 1 rings (SSSR count). The number of rotatable bonds is 6. The molecule has 17 heavy (non-hydrogen) atoms. The maximum Gasteiger partial charge on any atom is 0.228 e. The summed E-state index contributed by atoms with van der Waals surface area (Å²) < 4.78 is 0. The van der Waals surface area contributed by atoms with Gasteiger partial charge < -0.3 is 10.6 Å². The van der Waals surface area contributed by atoms with Gasteiger partial charge in [0, 0.05) is 12.1 Å². The minimum Gasteiger partial charge on any atom is -0.352 e. The third-order valence-corrected chi connectivity index (χ3v) is 2.75. The van der Waals surface area contributed by atoms with E-state index in [4.69, 9.17) is 0 Å². The van der Waals surface area contributed by atoms with Crippen LogP contribution in [0.4, 0.5) is 11.9 Å². The molecular formula is C11H21N5S. The van der Waals surface area contributed by atoms with Crippen LogP contribution in [0.1, 0.15) is 34.1 Å². The fourth-order valence-corrected chi connectivity index (χ4v) is 1.51. The quantitative estimate of drug-likeness (QED) is 0.762. The van der Waals surface area contributed by atoms with Gasteiger partial charge in [0.05, 0.1) is 0 Å². The van der Waals surface area contributed by atoms with Crippen molar-refractivity contribution in [1.29, 1.82) is 0 Å². The number of thioether (sulfide) groups is 1. The predicted octanol–water partition coefficient (Wildman–Crippen LogP) is 2.62. The highest BCUT2D eigenvalue weighted by atomic mass is 32.2. The molecule has 0 saturated carbocycles. The van der Waals surface area contributed by atoms with E-state index in [1.807, 2.05) is 6.26 Å². The number of anilines is 2. The zero-order valence-electron chi connectivity index (χ0n) is 11.1. The van der Waals surface area contributed by atoms with Crippen LogP contribution in [-0.4, -0.2) is 33.3 Å². The highest BCUT2D eigenvalue weighted by molar-refractivity contribution is 7.98. The van der Waals surface area contributed by atoms with Crippen LogP contribution in [-0.2, 0) is 0 Å². The lowest BCUT2D eigenvalue weighted by atomic mass is 10.3. The second-order valence-electron chi connectivity index (χ2n) is 4.22. The fraction of sp³-hybridized carbons (Fsp3) is 0.727. The molecule has 2 N–H and O–H groups in total.